The molecular formula is C25H23FN4O2S. The number of hydrogen-bond donors (Lipinski definition) is 2. The lowest BCUT2D eigenvalue weighted by Gasteiger charge is -2.37. The predicted octanol–water partition coefficient (Wildman–Crippen LogP) is 3.91. The molecule has 0 radical (unpaired) electrons. The predicted molar refractivity (Wildman–Crippen MR) is 131 cm³/mol. The van der Waals surface area contributed by atoms with Gasteiger partial charge in [0, 0.05) is 37.3 Å². The molecule has 3 aromatic rings. The van der Waals surface area contributed by atoms with Crippen molar-refractivity contribution in [3.8, 4) is 0 Å². The van der Waals surface area contributed by atoms with Crippen molar-refractivity contribution < 1.29 is 14.0 Å². The highest BCUT2D eigenvalue weighted by Gasteiger charge is 2.23. The number of para-hydroxylation sites is 2. The van der Waals surface area contributed by atoms with E-state index < -0.39 is 11.7 Å². The maximum atomic E-state index is 13.4. The Morgan fingerprint density at radius 2 is 1.48 bits per heavy atom. The van der Waals surface area contributed by atoms with Crippen molar-refractivity contribution in [3.05, 3.63) is 95.8 Å². The molecule has 0 aromatic heterocycles. The Bertz CT molecular complexity index is 1160. The first-order chi connectivity index (χ1) is 16.0. The number of thiocarbonyl (C=S) groups is 1. The van der Waals surface area contributed by atoms with Gasteiger partial charge in [-0.05, 0) is 54.7 Å². The van der Waals surface area contributed by atoms with E-state index in [-0.39, 0.29) is 16.6 Å². The molecule has 0 aliphatic carbocycles. The first-order valence-electron chi connectivity index (χ1n) is 10.6. The molecule has 4 rings (SSSR count). The van der Waals surface area contributed by atoms with Gasteiger partial charge in [-0.1, -0.05) is 36.4 Å². The summed E-state index contributed by atoms with van der Waals surface area (Å²) in [4.78, 5) is 29.1. The molecule has 1 aliphatic heterocycles. The zero-order valence-corrected chi connectivity index (χ0v) is 18.6. The maximum Gasteiger partial charge on any atom is 0.257 e. The molecule has 2 N–H and O–H groups in total. The fourth-order valence-electron chi connectivity index (χ4n) is 3.73. The largest absolute Gasteiger partial charge is 0.366 e. The van der Waals surface area contributed by atoms with Gasteiger partial charge in [-0.2, -0.15) is 0 Å². The first-order valence-corrected chi connectivity index (χ1v) is 11.0. The molecule has 0 atom stereocenters. The molecule has 0 saturated carbocycles. The highest BCUT2D eigenvalue weighted by atomic mass is 32.1. The summed E-state index contributed by atoms with van der Waals surface area (Å²) in [5.41, 5.74) is 2.54. The highest BCUT2D eigenvalue weighted by Crippen LogP contribution is 2.27. The van der Waals surface area contributed by atoms with E-state index in [1.807, 2.05) is 59.5 Å². The van der Waals surface area contributed by atoms with Gasteiger partial charge < -0.3 is 15.1 Å². The van der Waals surface area contributed by atoms with Crippen LogP contribution in [0.5, 0.6) is 0 Å². The van der Waals surface area contributed by atoms with Crippen LogP contribution in [0.3, 0.4) is 0 Å². The first kappa shape index (κ1) is 22.4. The van der Waals surface area contributed by atoms with E-state index in [1.54, 1.807) is 0 Å². The minimum atomic E-state index is -0.489. The molecule has 2 amide bonds. The molecule has 0 bridgehead atoms. The van der Waals surface area contributed by atoms with Crippen LogP contribution in [0.15, 0.2) is 78.9 Å². The van der Waals surface area contributed by atoms with Crippen LogP contribution in [0, 0.1) is 5.82 Å². The van der Waals surface area contributed by atoms with Crippen LogP contribution in [0.4, 0.5) is 15.8 Å². The summed E-state index contributed by atoms with van der Waals surface area (Å²) < 4.78 is 13.4. The molecule has 1 saturated heterocycles. The van der Waals surface area contributed by atoms with Crippen LogP contribution in [-0.4, -0.2) is 48.0 Å². The Balaban J connectivity index is 1.38. The average molecular weight is 463 g/mol. The minimum Gasteiger partial charge on any atom is -0.366 e. The standard InChI is InChI=1S/C25H23FN4O2S/c26-20-10-6-9-19(17-20)23(31)28-25(33)27-21-11-4-5-12-22(21)29-13-15-30(16-14-29)24(32)18-7-2-1-3-8-18/h1-12,17H,13-16H2,(H2,27,28,31,33). The molecule has 6 nitrogen and oxygen atoms in total. The Hall–Kier alpha value is -3.78. The third-order valence-corrected chi connectivity index (χ3v) is 5.60. The van der Waals surface area contributed by atoms with Crippen LogP contribution < -0.4 is 15.5 Å². The second kappa shape index (κ2) is 10.2. The molecule has 1 aliphatic rings. The molecule has 0 unspecified atom stereocenters. The normalized spacial score (nSPS) is 13.4. The number of benzene rings is 3. The van der Waals surface area contributed by atoms with Gasteiger partial charge in [-0.15, -0.1) is 0 Å². The van der Waals surface area contributed by atoms with Crippen LogP contribution in [0.25, 0.3) is 0 Å². The molecule has 33 heavy (non-hydrogen) atoms. The summed E-state index contributed by atoms with van der Waals surface area (Å²) >= 11 is 5.30. The molecule has 168 valence electrons. The second-order valence-electron chi connectivity index (χ2n) is 7.58. The minimum absolute atomic E-state index is 0.0305. The zero-order chi connectivity index (χ0) is 23.2. The number of nitrogens with one attached hydrogen (secondary N) is 2. The van der Waals surface area contributed by atoms with Crippen molar-refractivity contribution in [2.24, 2.45) is 0 Å². The Kier molecular flexibility index (Phi) is 6.95. The van der Waals surface area contributed by atoms with E-state index in [0.717, 1.165) is 17.4 Å². The lowest BCUT2D eigenvalue weighted by Crippen LogP contribution is -2.49. The molecule has 1 fully saturated rings. The van der Waals surface area contributed by atoms with E-state index in [2.05, 4.69) is 15.5 Å². The van der Waals surface area contributed by atoms with E-state index in [9.17, 15) is 14.0 Å². The van der Waals surface area contributed by atoms with Crippen molar-refractivity contribution in [2.75, 3.05) is 36.4 Å². The molecular weight excluding hydrogens is 439 g/mol. The van der Waals surface area contributed by atoms with Gasteiger partial charge in [0.2, 0.25) is 0 Å². The number of carbonyl (C=O) groups is 2. The van der Waals surface area contributed by atoms with Gasteiger partial charge in [-0.3, -0.25) is 14.9 Å². The number of rotatable bonds is 4. The summed E-state index contributed by atoms with van der Waals surface area (Å²) in [7, 11) is 0. The van der Waals surface area contributed by atoms with Crippen molar-refractivity contribution in [3.63, 3.8) is 0 Å². The van der Waals surface area contributed by atoms with Crippen molar-refractivity contribution in [2.45, 2.75) is 0 Å². The maximum absolute atomic E-state index is 13.4. The number of hydrogen-bond acceptors (Lipinski definition) is 4. The molecule has 8 heteroatoms. The van der Waals surface area contributed by atoms with E-state index in [0.29, 0.717) is 31.7 Å². The Labute approximate surface area is 197 Å². The summed E-state index contributed by atoms with van der Waals surface area (Å²) in [6.07, 6.45) is 0. The zero-order valence-electron chi connectivity index (χ0n) is 17.8. The summed E-state index contributed by atoms with van der Waals surface area (Å²) in [6, 6.07) is 22.3. The van der Waals surface area contributed by atoms with Crippen molar-refractivity contribution in [1.82, 2.24) is 10.2 Å². The quantitative estimate of drug-likeness (QED) is 0.576. The number of nitrogens with zero attached hydrogens (tertiary/aromatic N) is 2. The lowest BCUT2D eigenvalue weighted by atomic mass is 10.1. The van der Waals surface area contributed by atoms with Crippen molar-refractivity contribution >= 4 is 40.5 Å². The highest BCUT2D eigenvalue weighted by molar-refractivity contribution is 7.80. The third kappa shape index (κ3) is 5.53. The fraction of sp³-hybridized carbons (Fsp3) is 0.160. The van der Waals surface area contributed by atoms with Gasteiger partial charge in [0.05, 0.1) is 11.4 Å². The fourth-order valence-corrected chi connectivity index (χ4v) is 3.93. The van der Waals surface area contributed by atoms with Crippen molar-refractivity contribution in [1.29, 1.82) is 0 Å². The van der Waals surface area contributed by atoms with E-state index >= 15 is 0 Å². The van der Waals surface area contributed by atoms with Crippen LogP contribution >= 0.6 is 12.2 Å². The third-order valence-electron chi connectivity index (χ3n) is 5.39. The number of piperazine rings is 1. The van der Waals surface area contributed by atoms with Gasteiger partial charge in [0.1, 0.15) is 5.82 Å². The smallest absolute Gasteiger partial charge is 0.257 e. The summed E-state index contributed by atoms with van der Waals surface area (Å²) in [5.74, 6) is -0.947. The van der Waals surface area contributed by atoms with Gasteiger partial charge >= 0.3 is 0 Å². The van der Waals surface area contributed by atoms with Gasteiger partial charge in [0.15, 0.2) is 5.11 Å². The second-order valence-corrected chi connectivity index (χ2v) is 7.99. The van der Waals surface area contributed by atoms with Gasteiger partial charge in [0.25, 0.3) is 11.8 Å². The van der Waals surface area contributed by atoms with Gasteiger partial charge in [-0.25, -0.2) is 4.39 Å². The summed E-state index contributed by atoms with van der Waals surface area (Å²) in [6.45, 7) is 2.53. The molecule has 0 spiro atoms. The lowest BCUT2D eigenvalue weighted by molar-refractivity contribution is 0.0746. The SMILES string of the molecule is O=C(NC(=S)Nc1ccccc1N1CCN(C(=O)c2ccccc2)CC1)c1cccc(F)c1. The molecule has 3 aromatic carbocycles. The monoisotopic (exact) mass is 462 g/mol. The number of anilines is 2. The Morgan fingerprint density at radius 3 is 2.21 bits per heavy atom. The Morgan fingerprint density at radius 1 is 0.818 bits per heavy atom. The average Bonchev–Trinajstić information content (AvgIpc) is 2.84. The van der Waals surface area contributed by atoms with Crippen LogP contribution in [0.2, 0.25) is 0 Å². The van der Waals surface area contributed by atoms with Crippen LogP contribution in [0.1, 0.15) is 20.7 Å². The van der Waals surface area contributed by atoms with Crippen LogP contribution in [-0.2, 0) is 0 Å². The van der Waals surface area contributed by atoms with E-state index in [4.69, 9.17) is 12.2 Å². The number of amides is 2. The number of halogens is 1. The number of carbonyl (C=O) groups excluding carboxylic acids is 2. The van der Waals surface area contributed by atoms with E-state index in [1.165, 1.54) is 18.2 Å². The summed E-state index contributed by atoms with van der Waals surface area (Å²) in [5, 5.41) is 5.77. The topological polar surface area (TPSA) is 64.7 Å². The molecule has 1 heterocycles.